The molecule has 1 atom stereocenters. The number of rotatable bonds is 9. The number of carboxylic acid groups (broad SMARTS) is 1. The molecule has 13 heteroatoms. The van der Waals surface area contributed by atoms with E-state index in [4.69, 9.17) is 9.84 Å². The number of morpholine rings is 1. The molecule has 3 rings (SSSR count). The molecule has 33 heavy (non-hydrogen) atoms. The molecule has 0 radical (unpaired) electrons. The van der Waals surface area contributed by atoms with Crippen molar-refractivity contribution in [1.82, 2.24) is 15.2 Å². The Hall–Kier alpha value is -2.22. The number of carbonyl (C=O) groups excluding carboxylic acids is 1. The van der Waals surface area contributed by atoms with Gasteiger partial charge in [-0.25, -0.2) is 9.37 Å². The topological polar surface area (TPSA) is 91.8 Å². The van der Waals surface area contributed by atoms with Crippen LogP contribution in [0.3, 0.4) is 0 Å². The summed E-state index contributed by atoms with van der Waals surface area (Å²) >= 11 is 2.47. The maximum absolute atomic E-state index is 13.5. The van der Waals surface area contributed by atoms with Gasteiger partial charge in [-0.2, -0.15) is 13.2 Å². The van der Waals surface area contributed by atoms with E-state index >= 15 is 0 Å². The predicted molar refractivity (Wildman–Crippen MR) is 114 cm³/mol. The third-order valence-electron chi connectivity index (χ3n) is 4.68. The first-order valence-corrected chi connectivity index (χ1v) is 11.7. The summed E-state index contributed by atoms with van der Waals surface area (Å²) in [5, 5.41) is 13.2. The van der Waals surface area contributed by atoms with Crippen molar-refractivity contribution in [3.05, 3.63) is 46.2 Å². The fourth-order valence-corrected chi connectivity index (χ4v) is 4.87. The van der Waals surface area contributed by atoms with Crippen LogP contribution < -0.4 is 5.32 Å². The van der Waals surface area contributed by atoms with Crippen LogP contribution in [-0.2, 0) is 33.5 Å². The van der Waals surface area contributed by atoms with Crippen LogP contribution in [0.2, 0.25) is 0 Å². The molecule has 180 valence electrons. The molecule has 7 nitrogen and oxygen atoms in total. The molecule has 2 heterocycles. The van der Waals surface area contributed by atoms with Crippen LogP contribution in [0, 0.1) is 5.82 Å². The number of carboxylic acids is 1. The Bertz CT molecular complexity index is 986. The van der Waals surface area contributed by atoms with E-state index in [0.717, 1.165) is 12.1 Å². The van der Waals surface area contributed by atoms with Gasteiger partial charge in [-0.3, -0.25) is 14.5 Å². The van der Waals surface area contributed by atoms with E-state index < -0.39 is 23.5 Å². The molecule has 1 amide bonds. The molecule has 1 fully saturated rings. The fourth-order valence-electron chi connectivity index (χ4n) is 3.19. The summed E-state index contributed by atoms with van der Waals surface area (Å²) in [4.78, 5) is 28.8. The monoisotopic (exact) mass is 507 g/mol. The van der Waals surface area contributed by atoms with Crippen molar-refractivity contribution in [2.24, 2.45) is 0 Å². The molecule has 1 saturated heterocycles. The van der Waals surface area contributed by atoms with Crippen LogP contribution in [0.5, 0.6) is 0 Å². The van der Waals surface area contributed by atoms with E-state index in [1.54, 1.807) is 5.38 Å². The van der Waals surface area contributed by atoms with Gasteiger partial charge < -0.3 is 15.2 Å². The largest absolute Gasteiger partial charge is 0.481 e. The molecule has 2 N–H and O–H groups in total. The summed E-state index contributed by atoms with van der Waals surface area (Å²) in [5.74, 6) is -2.42. The number of nitrogens with zero attached hydrogens (tertiary/aromatic N) is 2. The summed E-state index contributed by atoms with van der Waals surface area (Å²) in [6.07, 6.45) is -5.27. The van der Waals surface area contributed by atoms with Crippen LogP contribution in [-0.4, -0.2) is 65.0 Å². The number of amides is 1. The number of benzene rings is 1. The molecule has 1 aromatic carbocycles. The van der Waals surface area contributed by atoms with E-state index in [0.29, 0.717) is 35.3 Å². The average Bonchev–Trinajstić information content (AvgIpc) is 3.18. The van der Waals surface area contributed by atoms with E-state index in [1.165, 1.54) is 29.2 Å². The number of thioether (sulfide) groups is 1. The van der Waals surface area contributed by atoms with Crippen molar-refractivity contribution < 1.29 is 37.0 Å². The average molecular weight is 508 g/mol. The van der Waals surface area contributed by atoms with Crippen molar-refractivity contribution in [1.29, 1.82) is 0 Å². The highest BCUT2D eigenvalue weighted by molar-refractivity contribution is 8.01. The number of aliphatic carboxylic acids is 1. The van der Waals surface area contributed by atoms with Crippen LogP contribution in [0.25, 0.3) is 0 Å². The Morgan fingerprint density at radius 3 is 2.88 bits per heavy atom. The van der Waals surface area contributed by atoms with E-state index in [1.807, 2.05) is 4.90 Å². The van der Waals surface area contributed by atoms with Gasteiger partial charge in [-0.05, 0) is 17.7 Å². The molecule has 0 spiro atoms. The summed E-state index contributed by atoms with van der Waals surface area (Å²) in [5.41, 5.74) is -0.505. The van der Waals surface area contributed by atoms with E-state index in [9.17, 15) is 27.2 Å². The highest BCUT2D eigenvalue weighted by Gasteiger charge is 2.34. The molecule has 1 aliphatic heterocycles. The van der Waals surface area contributed by atoms with Gasteiger partial charge in [0.05, 0.1) is 36.1 Å². The van der Waals surface area contributed by atoms with Gasteiger partial charge in [0.15, 0.2) is 4.34 Å². The lowest BCUT2D eigenvalue weighted by Crippen LogP contribution is -2.47. The minimum Gasteiger partial charge on any atom is -0.481 e. The van der Waals surface area contributed by atoms with E-state index in [2.05, 4.69) is 10.3 Å². The van der Waals surface area contributed by atoms with Crippen molar-refractivity contribution in [3.63, 3.8) is 0 Å². The fraction of sp³-hybridized carbons (Fsp3) is 0.450. The zero-order chi connectivity index (χ0) is 24.0. The van der Waals surface area contributed by atoms with Gasteiger partial charge in [0.1, 0.15) is 5.82 Å². The Balaban J connectivity index is 1.44. The molecule has 1 unspecified atom stereocenters. The second-order valence-corrected chi connectivity index (χ2v) is 9.39. The van der Waals surface area contributed by atoms with Crippen molar-refractivity contribution >= 4 is 35.0 Å². The molecule has 0 saturated carbocycles. The van der Waals surface area contributed by atoms with Crippen molar-refractivity contribution in [3.8, 4) is 0 Å². The molecule has 2 aromatic rings. The first-order chi connectivity index (χ1) is 15.6. The van der Waals surface area contributed by atoms with Crippen LogP contribution in [0.15, 0.2) is 27.9 Å². The van der Waals surface area contributed by atoms with Crippen LogP contribution >= 0.6 is 23.1 Å². The van der Waals surface area contributed by atoms with Gasteiger partial charge in [0.2, 0.25) is 5.91 Å². The first kappa shape index (κ1) is 25.4. The number of nitrogens with one attached hydrogen (secondary N) is 1. The lowest BCUT2D eigenvalue weighted by Gasteiger charge is -2.33. The summed E-state index contributed by atoms with van der Waals surface area (Å²) in [6, 6.07) is 2.97. The minimum atomic E-state index is -4.76. The first-order valence-electron chi connectivity index (χ1n) is 9.85. The van der Waals surface area contributed by atoms with Crippen LogP contribution in [0.4, 0.5) is 17.6 Å². The number of halogens is 4. The van der Waals surface area contributed by atoms with Gasteiger partial charge >= 0.3 is 12.1 Å². The van der Waals surface area contributed by atoms with Gasteiger partial charge in [-0.15, -0.1) is 11.3 Å². The number of hydrogen-bond donors (Lipinski definition) is 2. The van der Waals surface area contributed by atoms with Gasteiger partial charge in [0.25, 0.3) is 0 Å². The number of alkyl halides is 3. The summed E-state index contributed by atoms with van der Waals surface area (Å²) in [7, 11) is 0. The van der Waals surface area contributed by atoms with Crippen molar-refractivity contribution in [2.75, 3.05) is 32.0 Å². The number of thiazole rings is 1. The molecule has 1 aliphatic rings. The number of hydrogen-bond acceptors (Lipinski definition) is 7. The zero-order valence-electron chi connectivity index (χ0n) is 17.2. The van der Waals surface area contributed by atoms with Gasteiger partial charge in [0, 0.05) is 31.6 Å². The number of aromatic nitrogens is 1. The predicted octanol–water partition coefficient (Wildman–Crippen LogP) is 3.04. The maximum atomic E-state index is 13.5. The van der Waals surface area contributed by atoms with Gasteiger partial charge in [-0.1, -0.05) is 17.8 Å². The SMILES string of the molecule is O=C(O)Cc1csc(SCC(=O)NCC2CN(Cc3ccc(F)c(C(F)(F)F)c3)CCO2)n1. The number of ether oxygens (including phenoxy) is 1. The Morgan fingerprint density at radius 1 is 1.36 bits per heavy atom. The lowest BCUT2D eigenvalue weighted by molar-refractivity contribution is -0.140. The lowest BCUT2D eigenvalue weighted by atomic mass is 10.1. The quantitative estimate of drug-likeness (QED) is 0.398. The molecular formula is C20H21F4N3O4S2. The third kappa shape index (κ3) is 7.95. The molecule has 0 aliphatic carbocycles. The highest BCUT2D eigenvalue weighted by Crippen LogP contribution is 2.32. The standard InChI is InChI=1S/C20H21F4N3O4S2/c21-16-2-1-12(5-15(16)20(22,23)24)8-27-3-4-31-14(9-27)7-25-17(28)11-33-19-26-13(10-32-19)6-18(29)30/h1-2,5,10,14H,3-4,6-9,11H2,(H,25,28)(H,29,30). The van der Waals surface area contributed by atoms with Crippen LogP contribution in [0.1, 0.15) is 16.8 Å². The molecule has 1 aromatic heterocycles. The third-order valence-corrected chi connectivity index (χ3v) is 6.75. The molecular weight excluding hydrogens is 486 g/mol. The zero-order valence-corrected chi connectivity index (χ0v) is 18.9. The second-order valence-electron chi connectivity index (χ2n) is 7.31. The van der Waals surface area contributed by atoms with Crippen molar-refractivity contribution in [2.45, 2.75) is 29.6 Å². The Labute approximate surface area is 195 Å². The van der Waals surface area contributed by atoms with E-state index in [-0.39, 0.29) is 37.3 Å². The minimum absolute atomic E-state index is 0.103. The Morgan fingerprint density at radius 2 is 2.15 bits per heavy atom. The Kier molecular flexibility index (Phi) is 8.68. The molecule has 0 bridgehead atoms. The second kappa shape index (κ2) is 11.3. The summed E-state index contributed by atoms with van der Waals surface area (Å²) < 4.78 is 58.5. The normalized spacial score (nSPS) is 17.2. The summed E-state index contributed by atoms with van der Waals surface area (Å²) in [6.45, 7) is 1.69. The number of carbonyl (C=O) groups is 2. The smallest absolute Gasteiger partial charge is 0.419 e. The highest BCUT2D eigenvalue weighted by atomic mass is 32.2. The maximum Gasteiger partial charge on any atom is 0.419 e.